The number of methoxy groups -OCH3 is 1. The second-order valence-corrected chi connectivity index (χ2v) is 8.83. The highest BCUT2D eigenvalue weighted by Crippen LogP contribution is 2.22. The van der Waals surface area contributed by atoms with Gasteiger partial charge in [0.15, 0.2) is 0 Å². The molecule has 1 saturated heterocycles. The van der Waals surface area contributed by atoms with Gasteiger partial charge in [-0.1, -0.05) is 6.07 Å². The fourth-order valence-electron chi connectivity index (χ4n) is 3.55. The van der Waals surface area contributed by atoms with Gasteiger partial charge in [-0.15, -0.1) is 0 Å². The lowest BCUT2D eigenvalue weighted by Crippen LogP contribution is -2.42. The lowest BCUT2D eigenvalue weighted by atomic mass is 9.97. The molecule has 170 valence electrons. The van der Waals surface area contributed by atoms with E-state index in [1.165, 1.54) is 0 Å². The van der Waals surface area contributed by atoms with Crippen molar-refractivity contribution in [3.05, 3.63) is 23.8 Å². The van der Waals surface area contributed by atoms with Gasteiger partial charge in [0.05, 0.1) is 17.7 Å². The Morgan fingerprint density at radius 3 is 2.68 bits per heavy atom. The number of rotatable bonds is 7. The zero-order valence-corrected chi connectivity index (χ0v) is 18.8. The molecule has 9 nitrogen and oxygen atoms in total. The van der Waals surface area contributed by atoms with Gasteiger partial charge in [0.2, 0.25) is 5.95 Å². The molecule has 1 fully saturated rings. The van der Waals surface area contributed by atoms with Crippen molar-refractivity contribution in [1.29, 1.82) is 0 Å². The maximum atomic E-state index is 12.4. The minimum absolute atomic E-state index is 0.171. The molecule has 3 rings (SSSR count). The number of anilines is 1. The molecule has 0 unspecified atom stereocenters. The van der Waals surface area contributed by atoms with Gasteiger partial charge in [0, 0.05) is 33.3 Å². The Morgan fingerprint density at radius 1 is 1.26 bits per heavy atom. The molecule has 1 aliphatic heterocycles. The summed E-state index contributed by atoms with van der Waals surface area (Å²) < 4.78 is 10.4. The minimum Gasteiger partial charge on any atom is -0.444 e. The van der Waals surface area contributed by atoms with Crippen LogP contribution in [0, 0.1) is 5.92 Å². The molecule has 1 aromatic carbocycles. The Morgan fingerprint density at radius 2 is 2.00 bits per heavy atom. The number of benzene rings is 1. The number of nitrogens with zero attached hydrogens (tertiary/aromatic N) is 2. The predicted octanol–water partition coefficient (Wildman–Crippen LogP) is 3.00. The Kier molecular flexibility index (Phi) is 7.37. The maximum Gasteiger partial charge on any atom is 0.410 e. The van der Waals surface area contributed by atoms with E-state index in [4.69, 9.17) is 9.47 Å². The van der Waals surface area contributed by atoms with Crippen LogP contribution in [0.2, 0.25) is 0 Å². The van der Waals surface area contributed by atoms with Gasteiger partial charge in [0.25, 0.3) is 5.91 Å². The summed E-state index contributed by atoms with van der Waals surface area (Å²) >= 11 is 0. The van der Waals surface area contributed by atoms with Crippen molar-refractivity contribution in [2.24, 2.45) is 5.92 Å². The number of fused-ring (bicyclic) bond motifs is 1. The molecule has 2 aromatic rings. The third-order valence-corrected chi connectivity index (χ3v) is 5.17. The van der Waals surface area contributed by atoms with Crippen molar-refractivity contribution < 1.29 is 19.1 Å². The van der Waals surface area contributed by atoms with E-state index in [1.807, 2.05) is 32.9 Å². The Balaban J connectivity index is 1.53. The zero-order chi connectivity index (χ0) is 22.4. The fourth-order valence-corrected chi connectivity index (χ4v) is 3.55. The first-order valence-electron chi connectivity index (χ1n) is 10.7. The third-order valence-electron chi connectivity index (χ3n) is 5.17. The molecule has 0 saturated carbocycles. The van der Waals surface area contributed by atoms with Gasteiger partial charge in [-0.25, -0.2) is 9.78 Å². The van der Waals surface area contributed by atoms with Crippen LogP contribution in [0.4, 0.5) is 10.7 Å². The topological polar surface area (TPSA) is 109 Å². The lowest BCUT2D eigenvalue weighted by Gasteiger charge is -2.33. The normalized spacial score (nSPS) is 15.2. The summed E-state index contributed by atoms with van der Waals surface area (Å²) in [7, 11) is 1.60. The number of nitrogens with one attached hydrogen (secondary N) is 3. The number of imidazole rings is 1. The average molecular weight is 432 g/mol. The van der Waals surface area contributed by atoms with E-state index in [0.29, 0.717) is 49.2 Å². The van der Waals surface area contributed by atoms with Crippen LogP contribution in [0.15, 0.2) is 18.2 Å². The number of likely N-dealkylation sites (tertiary alicyclic amines) is 1. The van der Waals surface area contributed by atoms with Crippen molar-refractivity contribution >= 4 is 29.0 Å². The third kappa shape index (κ3) is 6.33. The average Bonchev–Trinajstić information content (AvgIpc) is 3.14. The molecule has 0 bridgehead atoms. The highest BCUT2D eigenvalue weighted by Gasteiger charge is 2.27. The quantitative estimate of drug-likeness (QED) is 0.582. The molecule has 0 radical (unpaired) electrons. The monoisotopic (exact) mass is 431 g/mol. The Labute approximate surface area is 182 Å². The number of aromatic nitrogens is 2. The smallest absolute Gasteiger partial charge is 0.410 e. The summed E-state index contributed by atoms with van der Waals surface area (Å²) in [5, 5.41) is 6.18. The minimum atomic E-state index is -0.476. The number of carbonyl (C=O) groups is 2. The number of para-hydroxylation sites is 1. The molecule has 1 aliphatic rings. The first kappa shape index (κ1) is 22.9. The number of hydrogen-bond donors (Lipinski definition) is 3. The number of hydrogen-bond acceptors (Lipinski definition) is 6. The molecule has 31 heavy (non-hydrogen) atoms. The second kappa shape index (κ2) is 10.00. The molecule has 9 heteroatoms. The zero-order valence-electron chi connectivity index (χ0n) is 18.8. The van der Waals surface area contributed by atoms with E-state index in [-0.39, 0.29) is 12.0 Å². The number of piperidine rings is 1. The first-order valence-corrected chi connectivity index (χ1v) is 10.7. The summed E-state index contributed by atoms with van der Waals surface area (Å²) in [6.45, 7) is 8.67. The van der Waals surface area contributed by atoms with E-state index in [0.717, 1.165) is 24.9 Å². The number of aromatic amines is 1. The van der Waals surface area contributed by atoms with Gasteiger partial charge < -0.3 is 30.0 Å². The van der Waals surface area contributed by atoms with Crippen LogP contribution >= 0.6 is 0 Å². The second-order valence-electron chi connectivity index (χ2n) is 8.83. The Bertz CT molecular complexity index is 897. The van der Waals surface area contributed by atoms with Crippen molar-refractivity contribution in [3.8, 4) is 0 Å². The number of carbonyl (C=O) groups excluding carboxylic acids is 2. The van der Waals surface area contributed by atoms with Gasteiger partial charge in [0.1, 0.15) is 11.1 Å². The molecule has 0 aliphatic carbocycles. The van der Waals surface area contributed by atoms with Crippen LogP contribution in [0.25, 0.3) is 11.0 Å². The maximum absolute atomic E-state index is 12.4. The number of amides is 2. The van der Waals surface area contributed by atoms with Gasteiger partial charge in [-0.3, -0.25) is 4.79 Å². The molecular weight excluding hydrogens is 398 g/mol. The van der Waals surface area contributed by atoms with Crippen molar-refractivity contribution in [3.63, 3.8) is 0 Å². The highest BCUT2D eigenvalue weighted by atomic mass is 16.6. The largest absolute Gasteiger partial charge is 0.444 e. The lowest BCUT2D eigenvalue weighted by molar-refractivity contribution is 0.0188. The molecule has 2 heterocycles. The molecule has 3 N–H and O–H groups in total. The van der Waals surface area contributed by atoms with Crippen LogP contribution in [0.1, 0.15) is 44.0 Å². The standard InChI is InChI=1S/C22H33N5O4/c1-22(2,3)31-21(29)27-11-8-15(9-12-27)14-24-20-25-17-7-5-6-16(18(17)26-20)19(28)23-10-13-30-4/h5-7,15H,8-14H2,1-4H3,(H,23,28)(H2,24,25,26). The molecular formula is C22H33N5O4. The highest BCUT2D eigenvalue weighted by molar-refractivity contribution is 6.05. The fraction of sp³-hybridized carbons (Fsp3) is 0.591. The SMILES string of the molecule is COCCNC(=O)c1cccc2[nH]c(NCC3CCN(C(=O)OC(C)(C)C)CC3)nc12. The van der Waals surface area contributed by atoms with Crippen LogP contribution in [-0.4, -0.2) is 72.4 Å². The predicted molar refractivity (Wildman–Crippen MR) is 119 cm³/mol. The number of ether oxygens (including phenoxy) is 2. The summed E-state index contributed by atoms with van der Waals surface area (Å²) in [6.07, 6.45) is 1.56. The molecule has 1 aromatic heterocycles. The molecule has 0 atom stereocenters. The summed E-state index contributed by atoms with van der Waals surface area (Å²) in [5.41, 5.74) is 1.50. The number of H-pyrrole nitrogens is 1. The van der Waals surface area contributed by atoms with Crippen LogP contribution in [-0.2, 0) is 9.47 Å². The van der Waals surface area contributed by atoms with E-state index in [1.54, 1.807) is 18.1 Å². The van der Waals surface area contributed by atoms with Crippen LogP contribution < -0.4 is 10.6 Å². The van der Waals surface area contributed by atoms with E-state index in [9.17, 15) is 9.59 Å². The first-order chi connectivity index (χ1) is 14.8. The van der Waals surface area contributed by atoms with Gasteiger partial charge >= 0.3 is 6.09 Å². The van der Waals surface area contributed by atoms with Crippen molar-refractivity contribution in [2.45, 2.75) is 39.2 Å². The van der Waals surface area contributed by atoms with E-state index < -0.39 is 5.60 Å². The summed E-state index contributed by atoms with van der Waals surface area (Å²) in [5.74, 6) is 0.903. The van der Waals surface area contributed by atoms with Crippen molar-refractivity contribution in [1.82, 2.24) is 20.2 Å². The van der Waals surface area contributed by atoms with Gasteiger partial charge in [-0.05, 0) is 51.7 Å². The molecule has 0 spiro atoms. The Hall–Kier alpha value is -2.81. The van der Waals surface area contributed by atoms with Crippen molar-refractivity contribution in [2.75, 3.05) is 45.2 Å². The van der Waals surface area contributed by atoms with E-state index in [2.05, 4.69) is 20.6 Å². The van der Waals surface area contributed by atoms with Crippen LogP contribution in [0.3, 0.4) is 0 Å². The van der Waals surface area contributed by atoms with Gasteiger partial charge in [-0.2, -0.15) is 0 Å². The summed E-state index contributed by atoms with van der Waals surface area (Å²) in [6, 6.07) is 5.50. The molecule has 2 amide bonds. The summed E-state index contributed by atoms with van der Waals surface area (Å²) in [4.78, 5) is 34.2. The van der Waals surface area contributed by atoms with Crippen LogP contribution in [0.5, 0.6) is 0 Å². The van der Waals surface area contributed by atoms with E-state index >= 15 is 0 Å².